The summed E-state index contributed by atoms with van der Waals surface area (Å²) in [5.74, 6) is 1.76. The van der Waals surface area contributed by atoms with Gasteiger partial charge < -0.3 is 0 Å². The molecule has 0 nitrogen and oxygen atoms in total. The highest BCUT2D eigenvalue weighted by Gasteiger charge is 2.13. The van der Waals surface area contributed by atoms with Crippen molar-refractivity contribution in [3.8, 4) is 0 Å². The summed E-state index contributed by atoms with van der Waals surface area (Å²) in [4.78, 5) is 0. The van der Waals surface area contributed by atoms with E-state index in [4.69, 9.17) is 46.4 Å². The third-order valence-corrected chi connectivity index (χ3v) is 3.62. The molecule has 0 aromatic heterocycles. The van der Waals surface area contributed by atoms with E-state index in [9.17, 15) is 0 Å². The first-order valence-corrected chi connectivity index (χ1v) is 6.70. The molecule has 0 heterocycles. The van der Waals surface area contributed by atoms with E-state index in [1.54, 1.807) is 0 Å². The van der Waals surface area contributed by atoms with Gasteiger partial charge in [0.2, 0.25) is 0 Å². The summed E-state index contributed by atoms with van der Waals surface area (Å²) in [5.41, 5.74) is 5.33. The van der Waals surface area contributed by atoms with E-state index >= 15 is 0 Å². The molecule has 0 saturated heterocycles. The highest BCUT2D eigenvalue weighted by molar-refractivity contribution is 6.20. The predicted molar refractivity (Wildman–Crippen MR) is 69.4 cm³/mol. The van der Waals surface area contributed by atoms with Gasteiger partial charge in [-0.05, 0) is 34.7 Å². The third-order valence-electron chi connectivity index (χ3n) is 2.53. The number of hydrogen-bond acceptors (Lipinski definition) is 0. The van der Waals surface area contributed by atoms with Gasteiger partial charge in [-0.25, -0.2) is 0 Å². The molecule has 0 spiro atoms. The van der Waals surface area contributed by atoms with Crippen molar-refractivity contribution in [1.82, 2.24) is 0 Å². The lowest BCUT2D eigenvalue weighted by molar-refractivity contribution is 1.11. The molecule has 1 aromatic rings. The summed E-state index contributed by atoms with van der Waals surface area (Å²) in [7, 11) is 0. The largest absolute Gasteiger partial charge is 0.122 e. The molecule has 0 saturated carbocycles. The Labute approximate surface area is 110 Å². The molecule has 15 heavy (non-hydrogen) atoms. The van der Waals surface area contributed by atoms with Crippen LogP contribution in [-0.2, 0) is 23.5 Å². The standard InChI is InChI=1S/C11H12Cl4/c1-7-2-8(3-12)10(5-14)11(6-15)9(7)4-13/h2H,3-6H2,1H3. The number of hydrogen-bond donors (Lipinski definition) is 0. The van der Waals surface area contributed by atoms with Gasteiger partial charge in [0.15, 0.2) is 0 Å². The fraction of sp³-hybridized carbons (Fsp3) is 0.455. The van der Waals surface area contributed by atoms with Gasteiger partial charge in [-0.2, -0.15) is 0 Å². The minimum atomic E-state index is 0.425. The third kappa shape index (κ3) is 2.74. The lowest BCUT2D eigenvalue weighted by Gasteiger charge is -2.16. The quantitative estimate of drug-likeness (QED) is 0.687. The topological polar surface area (TPSA) is 0 Å². The number of aryl methyl sites for hydroxylation is 1. The number of benzene rings is 1. The molecule has 0 N–H and O–H groups in total. The highest BCUT2D eigenvalue weighted by Crippen LogP contribution is 2.28. The van der Waals surface area contributed by atoms with Crippen molar-refractivity contribution in [2.75, 3.05) is 0 Å². The Bertz CT molecular complexity index is 347. The molecule has 1 rings (SSSR count). The van der Waals surface area contributed by atoms with Crippen molar-refractivity contribution >= 4 is 46.4 Å². The molecule has 0 bridgehead atoms. The number of rotatable bonds is 4. The Morgan fingerprint density at radius 1 is 0.800 bits per heavy atom. The summed E-state index contributed by atoms with van der Waals surface area (Å²) in [5, 5.41) is 0. The summed E-state index contributed by atoms with van der Waals surface area (Å²) < 4.78 is 0. The molecule has 4 heteroatoms. The first-order valence-electron chi connectivity index (χ1n) is 4.56. The van der Waals surface area contributed by atoms with Crippen LogP contribution < -0.4 is 0 Å². The Morgan fingerprint density at radius 2 is 1.33 bits per heavy atom. The van der Waals surface area contributed by atoms with Crippen molar-refractivity contribution in [1.29, 1.82) is 0 Å². The van der Waals surface area contributed by atoms with Crippen LogP contribution in [0.1, 0.15) is 27.8 Å². The average Bonchev–Trinajstić information content (AvgIpc) is 2.27. The van der Waals surface area contributed by atoms with E-state index in [-0.39, 0.29) is 0 Å². The van der Waals surface area contributed by atoms with Crippen molar-refractivity contribution in [3.05, 3.63) is 33.9 Å². The second-order valence-electron chi connectivity index (χ2n) is 3.32. The Kier molecular flexibility index (Phi) is 5.56. The average molecular weight is 286 g/mol. The minimum Gasteiger partial charge on any atom is -0.122 e. The molecule has 1 aromatic carbocycles. The SMILES string of the molecule is Cc1cc(CCl)c(CCl)c(CCl)c1CCl. The number of halogens is 4. The molecule has 0 aliphatic heterocycles. The van der Waals surface area contributed by atoms with Crippen LogP contribution in [0.5, 0.6) is 0 Å². The van der Waals surface area contributed by atoms with Crippen LogP contribution in [0.2, 0.25) is 0 Å². The Hall–Kier alpha value is 0.380. The van der Waals surface area contributed by atoms with E-state index in [1.165, 1.54) is 0 Å². The molecular formula is C11H12Cl4. The van der Waals surface area contributed by atoms with Gasteiger partial charge >= 0.3 is 0 Å². The first-order chi connectivity index (χ1) is 7.19. The Balaban J connectivity index is 3.44. The summed E-state index contributed by atoms with van der Waals surface area (Å²) in [6.45, 7) is 2.02. The van der Waals surface area contributed by atoms with Crippen molar-refractivity contribution < 1.29 is 0 Å². The van der Waals surface area contributed by atoms with Gasteiger partial charge in [-0.3, -0.25) is 0 Å². The van der Waals surface area contributed by atoms with Crippen molar-refractivity contribution in [3.63, 3.8) is 0 Å². The second kappa shape index (κ2) is 6.20. The van der Waals surface area contributed by atoms with E-state index in [2.05, 4.69) is 0 Å². The fourth-order valence-electron chi connectivity index (χ4n) is 1.68. The van der Waals surface area contributed by atoms with Gasteiger partial charge in [-0.1, -0.05) is 6.07 Å². The molecule has 0 amide bonds. The van der Waals surface area contributed by atoms with Crippen LogP contribution >= 0.6 is 46.4 Å². The molecule has 0 unspecified atom stereocenters. The van der Waals surface area contributed by atoms with Crippen LogP contribution in [0.4, 0.5) is 0 Å². The van der Waals surface area contributed by atoms with Crippen LogP contribution in [0.15, 0.2) is 6.07 Å². The van der Waals surface area contributed by atoms with Gasteiger partial charge in [0.25, 0.3) is 0 Å². The molecule has 0 fully saturated rings. The first kappa shape index (κ1) is 13.4. The molecular weight excluding hydrogens is 274 g/mol. The normalized spacial score (nSPS) is 10.7. The van der Waals surface area contributed by atoms with Crippen LogP contribution in [0.3, 0.4) is 0 Å². The summed E-state index contributed by atoms with van der Waals surface area (Å²) >= 11 is 23.6. The molecule has 84 valence electrons. The van der Waals surface area contributed by atoms with Gasteiger partial charge in [0, 0.05) is 23.5 Å². The molecule has 0 aliphatic carbocycles. The monoisotopic (exact) mass is 284 g/mol. The summed E-state index contributed by atoms with van der Waals surface area (Å²) in [6.07, 6.45) is 0. The van der Waals surface area contributed by atoms with E-state index in [1.807, 2.05) is 13.0 Å². The van der Waals surface area contributed by atoms with E-state index < -0.39 is 0 Å². The smallest absolute Gasteiger partial charge is 0.0480 e. The van der Waals surface area contributed by atoms with E-state index in [0.29, 0.717) is 23.5 Å². The molecule has 0 radical (unpaired) electrons. The zero-order valence-electron chi connectivity index (χ0n) is 8.42. The fourth-order valence-corrected chi connectivity index (χ4v) is 2.95. The maximum Gasteiger partial charge on any atom is 0.0480 e. The van der Waals surface area contributed by atoms with Gasteiger partial charge in [0.05, 0.1) is 0 Å². The molecule has 0 atom stereocenters. The lowest BCUT2D eigenvalue weighted by Crippen LogP contribution is -2.02. The van der Waals surface area contributed by atoms with Crippen molar-refractivity contribution in [2.24, 2.45) is 0 Å². The minimum absolute atomic E-state index is 0.425. The maximum atomic E-state index is 5.94. The lowest BCUT2D eigenvalue weighted by atomic mass is 9.95. The van der Waals surface area contributed by atoms with Crippen LogP contribution in [0, 0.1) is 6.92 Å². The van der Waals surface area contributed by atoms with E-state index in [0.717, 1.165) is 27.8 Å². The highest BCUT2D eigenvalue weighted by atomic mass is 35.5. The zero-order chi connectivity index (χ0) is 11.4. The maximum absolute atomic E-state index is 5.94. The predicted octanol–water partition coefficient (Wildman–Crippen LogP) is 4.95. The van der Waals surface area contributed by atoms with Gasteiger partial charge in [0.1, 0.15) is 0 Å². The second-order valence-corrected chi connectivity index (χ2v) is 4.39. The van der Waals surface area contributed by atoms with Crippen LogP contribution in [-0.4, -0.2) is 0 Å². The summed E-state index contributed by atoms with van der Waals surface area (Å²) in [6, 6.07) is 2.04. The number of alkyl halides is 4. The van der Waals surface area contributed by atoms with Crippen molar-refractivity contribution in [2.45, 2.75) is 30.4 Å². The Morgan fingerprint density at radius 3 is 1.73 bits per heavy atom. The van der Waals surface area contributed by atoms with Crippen LogP contribution in [0.25, 0.3) is 0 Å². The molecule has 0 aliphatic rings. The van der Waals surface area contributed by atoms with Gasteiger partial charge in [-0.15, -0.1) is 46.4 Å². The zero-order valence-corrected chi connectivity index (χ0v) is 11.4.